The number of aldehydes is 1. The summed E-state index contributed by atoms with van der Waals surface area (Å²) in [6, 6.07) is 6.51. The summed E-state index contributed by atoms with van der Waals surface area (Å²) in [6.07, 6.45) is 0.475. The standard InChI is InChI=1S/C12H14O4/c1-9(15-2)8-16-12(14)11-6-4-3-5-10(11)7-13/h3-7,9H,8H2,1-2H3. The van der Waals surface area contributed by atoms with Crippen LogP contribution in [0, 0.1) is 0 Å². The van der Waals surface area contributed by atoms with Crippen LogP contribution in [0.15, 0.2) is 24.3 Å². The first-order chi connectivity index (χ1) is 7.69. The monoisotopic (exact) mass is 222 g/mol. The highest BCUT2D eigenvalue weighted by Crippen LogP contribution is 2.08. The minimum atomic E-state index is -0.508. The number of ether oxygens (including phenoxy) is 2. The molecular formula is C12H14O4. The number of methoxy groups -OCH3 is 1. The molecule has 0 N–H and O–H groups in total. The van der Waals surface area contributed by atoms with Gasteiger partial charge in [0.2, 0.25) is 0 Å². The van der Waals surface area contributed by atoms with E-state index in [4.69, 9.17) is 9.47 Å². The Balaban J connectivity index is 2.69. The lowest BCUT2D eigenvalue weighted by Gasteiger charge is -2.10. The van der Waals surface area contributed by atoms with Crippen LogP contribution in [0.1, 0.15) is 27.6 Å². The van der Waals surface area contributed by atoms with Gasteiger partial charge >= 0.3 is 5.97 Å². The molecule has 0 aliphatic rings. The maximum Gasteiger partial charge on any atom is 0.338 e. The van der Waals surface area contributed by atoms with Crippen molar-refractivity contribution in [3.63, 3.8) is 0 Å². The third-order valence-corrected chi connectivity index (χ3v) is 2.16. The first kappa shape index (κ1) is 12.4. The van der Waals surface area contributed by atoms with E-state index in [2.05, 4.69) is 0 Å². The molecule has 1 aromatic carbocycles. The molecule has 0 amide bonds. The number of carbonyl (C=O) groups excluding carboxylic acids is 2. The maximum absolute atomic E-state index is 11.6. The summed E-state index contributed by atoms with van der Waals surface area (Å²) < 4.78 is 9.95. The van der Waals surface area contributed by atoms with Crippen molar-refractivity contribution in [2.45, 2.75) is 13.0 Å². The molecule has 4 heteroatoms. The maximum atomic E-state index is 11.6. The van der Waals surface area contributed by atoms with E-state index < -0.39 is 5.97 Å². The fourth-order valence-corrected chi connectivity index (χ4v) is 1.12. The lowest BCUT2D eigenvalue weighted by Crippen LogP contribution is -2.18. The molecule has 0 aliphatic heterocycles. The molecule has 1 aromatic rings. The molecule has 0 saturated heterocycles. The fourth-order valence-electron chi connectivity index (χ4n) is 1.12. The zero-order valence-electron chi connectivity index (χ0n) is 9.30. The van der Waals surface area contributed by atoms with Crippen molar-refractivity contribution in [1.82, 2.24) is 0 Å². The Kier molecular flexibility index (Phi) is 4.66. The van der Waals surface area contributed by atoms with E-state index in [-0.39, 0.29) is 18.3 Å². The molecular weight excluding hydrogens is 208 g/mol. The predicted octanol–water partition coefficient (Wildman–Crippen LogP) is 1.69. The SMILES string of the molecule is COC(C)COC(=O)c1ccccc1C=O. The first-order valence-electron chi connectivity index (χ1n) is 4.93. The van der Waals surface area contributed by atoms with Crippen LogP contribution in [0.25, 0.3) is 0 Å². The van der Waals surface area contributed by atoms with Crippen molar-refractivity contribution >= 4 is 12.3 Å². The van der Waals surface area contributed by atoms with Gasteiger partial charge in [-0.05, 0) is 13.0 Å². The van der Waals surface area contributed by atoms with Crippen molar-refractivity contribution in [3.8, 4) is 0 Å². The second kappa shape index (κ2) is 6.02. The highest BCUT2D eigenvalue weighted by molar-refractivity contribution is 5.98. The number of carbonyl (C=O) groups is 2. The van der Waals surface area contributed by atoms with E-state index in [1.807, 2.05) is 0 Å². The molecule has 1 rings (SSSR count). The van der Waals surface area contributed by atoms with E-state index in [1.165, 1.54) is 7.11 Å². The summed E-state index contributed by atoms with van der Waals surface area (Å²) in [6.45, 7) is 1.96. The zero-order chi connectivity index (χ0) is 12.0. The smallest absolute Gasteiger partial charge is 0.338 e. The van der Waals surface area contributed by atoms with Crippen LogP contribution in [0.3, 0.4) is 0 Å². The number of esters is 1. The second-order valence-corrected chi connectivity index (χ2v) is 3.35. The number of hydrogen-bond acceptors (Lipinski definition) is 4. The van der Waals surface area contributed by atoms with Crippen molar-refractivity contribution in [2.75, 3.05) is 13.7 Å². The largest absolute Gasteiger partial charge is 0.459 e. The average molecular weight is 222 g/mol. The summed E-state index contributed by atoms with van der Waals surface area (Å²) in [5.74, 6) is -0.508. The quantitative estimate of drug-likeness (QED) is 0.562. The Morgan fingerprint density at radius 3 is 2.75 bits per heavy atom. The molecule has 0 radical (unpaired) electrons. The third-order valence-electron chi connectivity index (χ3n) is 2.16. The molecule has 0 fully saturated rings. The Labute approximate surface area is 94.2 Å². The van der Waals surface area contributed by atoms with Gasteiger partial charge in [0.05, 0.1) is 11.7 Å². The summed E-state index contributed by atoms with van der Waals surface area (Å²) in [5.41, 5.74) is 0.610. The van der Waals surface area contributed by atoms with Gasteiger partial charge in [0.15, 0.2) is 6.29 Å². The van der Waals surface area contributed by atoms with Crippen LogP contribution in [0.2, 0.25) is 0 Å². The van der Waals surface area contributed by atoms with Gasteiger partial charge < -0.3 is 9.47 Å². The van der Waals surface area contributed by atoms with E-state index in [9.17, 15) is 9.59 Å². The Bertz CT molecular complexity index is 373. The molecule has 0 aliphatic carbocycles. The van der Waals surface area contributed by atoms with Crippen molar-refractivity contribution < 1.29 is 19.1 Å². The van der Waals surface area contributed by atoms with Gasteiger partial charge in [0.1, 0.15) is 6.61 Å². The van der Waals surface area contributed by atoms with Crippen LogP contribution in [-0.2, 0) is 9.47 Å². The summed E-state index contributed by atoms with van der Waals surface area (Å²) in [4.78, 5) is 22.3. The van der Waals surface area contributed by atoms with E-state index in [0.717, 1.165) is 0 Å². The number of hydrogen-bond donors (Lipinski definition) is 0. The van der Waals surface area contributed by atoms with E-state index in [1.54, 1.807) is 31.2 Å². The summed E-state index contributed by atoms with van der Waals surface area (Å²) in [7, 11) is 1.54. The van der Waals surface area contributed by atoms with Crippen LogP contribution in [-0.4, -0.2) is 32.1 Å². The Hall–Kier alpha value is -1.68. The molecule has 0 spiro atoms. The van der Waals surface area contributed by atoms with E-state index >= 15 is 0 Å². The predicted molar refractivity (Wildman–Crippen MR) is 58.6 cm³/mol. The van der Waals surface area contributed by atoms with Gasteiger partial charge in [-0.15, -0.1) is 0 Å². The first-order valence-corrected chi connectivity index (χ1v) is 4.93. The second-order valence-electron chi connectivity index (χ2n) is 3.35. The highest BCUT2D eigenvalue weighted by atomic mass is 16.6. The molecule has 86 valence electrons. The summed E-state index contributed by atoms with van der Waals surface area (Å²) >= 11 is 0. The molecule has 4 nitrogen and oxygen atoms in total. The van der Waals surface area contributed by atoms with Gasteiger partial charge in [-0.25, -0.2) is 4.79 Å². The van der Waals surface area contributed by atoms with Gasteiger partial charge in [0.25, 0.3) is 0 Å². The molecule has 0 aromatic heterocycles. The summed E-state index contributed by atoms with van der Waals surface area (Å²) in [5, 5.41) is 0. The van der Waals surface area contributed by atoms with Crippen LogP contribution < -0.4 is 0 Å². The van der Waals surface area contributed by atoms with Crippen LogP contribution in [0.4, 0.5) is 0 Å². The highest BCUT2D eigenvalue weighted by Gasteiger charge is 2.12. The number of rotatable bonds is 5. The normalized spacial score (nSPS) is 11.9. The molecule has 0 bridgehead atoms. The Morgan fingerprint density at radius 2 is 2.12 bits per heavy atom. The third kappa shape index (κ3) is 3.17. The number of benzene rings is 1. The van der Waals surface area contributed by atoms with E-state index in [0.29, 0.717) is 11.8 Å². The van der Waals surface area contributed by atoms with Crippen LogP contribution in [0.5, 0.6) is 0 Å². The Morgan fingerprint density at radius 1 is 1.44 bits per heavy atom. The van der Waals surface area contributed by atoms with Gasteiger partial charge in [-0.3, -0.25) is 4.79 Å². The van der Waals surface area contributed by atoms with Gasteiger partial charge in [-0.1, -0.05) is 18.2 Å². The van der Waals surface area contributed by atoms with Gasteiger partial charge in [-0.2, -0.15) is 0 Å². The minimum absolute atomic E-state index is 0.160. The minimum Gasteiger partial charge on any atom is -0.459 e. The molecule has 16 heavy (non-hydrogen) atoms. The molecule has 1 unspecified atom stereocenters. The molecule has 0 saturated carbocycles. The van der Waals surface area contributed by atoms with Crippen molar-refractivity contribution in [2.24, 2.45) is 0 Å². The van der Waals surface area contributed by atoms with Gasteiger partial charge in [0, 0.05) is 12.7 Å². The van der Waals surface area contributed by atoms with Crippen molar-refractivity contribution in [1.29, 1.82) is 0 Å². The lowest BCUT2D eigenvalue weighted by molar-refractivity contribution is 0.0168. The fraction of sp³-hybridized carbons (Fsp3) is 0.333. The van der Waals surface area contributed by atoms with Crippen LogP contribution >= 0.6 is 0 Å². The lowest BCUT2D eigenvalue weighted by atomic mass is 10.1. The zero-order valence-corrected chi connectivity index (χ0v) is 9.30. The van der Waals surface area contributed by atoms with Crippen molar-refractivity contribution in [3.05, 3.63) is 35.4 Å². The average Bonchev–Trinajstić information content (AvgIpc) is 2.35. The molecule has 1 atom stereocenters. The molecule has 0 heterocycles. The topological polar surface area (TPSA) is 52.6 Å².